The molecule has 2 N–H and O–H groups in total. The van der Waals surface area contributed by atoms with Crippen LogP contribution in [0.25, 0.3) is 0 Å². The van der Waals surface area contributed by atoms with Crippen LogP contribution in [0.1, 0.15) is 25.3 Å². The molecule has 1 atom stereocenters. The lowest BCUT2D eigenvalue weighted by Gasteiger charge is -2.32. The van der Waals surface area contributed by atoms with Crippen molar-refractivity contribution in [3.63, 3.8) is 0 Å². The second-order valence-corrected chi connectivity index (χ2v) is 6.12. The highest BCUT2D eigenvalue weighted by Crippen LogP contribution is 2.20. The van der Waals surface area contributed by atoms with Gasteiger partial charge in [-0.05, 0) is 30.7 Å². The fourth-order valence-electron chi connectivity index (χ4n) is 2.61. The molecule has 1 aromatic rings. The van der Waals surface area contributed by atoms with Gasteiger partial charge < -0.3 is 10.6 Å². The average Bonchev–Trinajstić information content (AvgIpc) is 2.45. The first-order valence-electron chi connectivity index (χ1n) is 7.20. The minimum atomic E-state index is -0.374. The van der Waals surface area contributed by atoms with Crippen LogP contribution in [-0.4, -0.2) is 28.9 Å². The van der Waals surface area contributed by atoms with E-state index in [-0.39, 0.29) is 11.8 Å². The summed E-state index contributed by atoms with van der Waals surface area (Å²) in [6.45, 7) is 3.89. The summed E-state index contributed by atoms with van der Waals surface area (Å²) in [6.07, 6.45) is 2.74. The van der Waals surface area contributed by atoms with Crippen molar-refractivity contribution in [2.24, 2.45) is 17.6 Å². The van der Waals surface area contributed by atoms with Crippen LogP contribution in [-0.2, 0) is 11.2 Å². The standard InChI is InChI=1S/C16H22N2OS/c1-12-7-9-18(10-8-12)16(19)14(15(17)20)11-13-5-3-2-4-6-13/h2-6,12,14H,7-11H2,1H3,(H2,17,20). The molecule has 4 heteroatoms. The Hall–Kier alpha value is -1.42. The zero-order valence-corrected chi connectivity index (χ0v) is 12.7. The maximum atomic E-state index is 12.6. The Morgan fingerprint density at radius 3 is 2.50 bits per heavy atom. The van der Waals surface area contributed by atoms with Gasteiger partial charge in [0, 0.05) is 13.1 Å². The predicted octanol–water partition coefficient (Wildman–Crippen LogP) is 2.39. The highest BCUT2D eigenvalue weighted by molar-refractivity contribution is 7.80. The van der Waals surface area contributed by atoms with Gasteiger partial charge in [0.15, 0.2) is 0 Å². The molecule has 1 amide bonds. The third-order valence-electron chi connectivity index (χ3n) is 4.02. The summed E-state index contributed by atoms with van der Waals surface area (Å²) in [5.41, 5.74) is 6.90. The van der Waals surface area contributed by atoms with Crippen molar-refractivity contribution >= 4 is 23.1 Å². The number of hydrogen-bond donors (Lipinski definition) is 1. The van der Waals surface area contributed by atoms with E-state index in [0.717, 1.165) is 31.5 Å². The number of nitrogens with two attached hydrogens (primary N) is 1. The summed E-state index contributed by atoms with van der Waals surface area (Å²) < 4.78 is 0. The zero-order valence-electron chi connectivity index (χ0n) is 11.9. The van der Waals surface area contributed by atoms with E-state index in [2.05, 4.69) is 6.92 Å². The number of benzene rings is 1. The highest BCUT2D eigenvalue weighted by Gasteiger charge is 2.29. The summed E-state index contributed by atoms with van der Waals surface area (Å²) in [5.74, 6) is 0.422. The number of piperidine rings is 1. The number of amides is 1. The molecule has 1 fully saturated rings. The molecule has 0 bridgehead atoms. The van der Waals surface area contributed by atoms with Crippen LogP contribution >= 0.6 is 12.2 Å². The van der Waals surface area contributed by atoms with Gasteiger partial charge in [-0.25, -0.2) is 0 Å². The number of thiocarbonyl (C=S) groups is 1. The van der Waals surface area contributed by atoms with Gasteiger partial charge in [0.2, 0.25) is 5.91 Å². The van der Waals surface area contributed by atoms with E-state index in [4.69, 9.17) is 18.0 Å². The molecule has 1 aromatic carbocycles. The SMILES string of the molecule is CC1CCN(C(=O)C(Cc2ccccc2)C(N)=S)CC1. The molecule has 0 radical (unpaired) electrons. The lowest BCUT2D eigenvalue weighted by atomic mass is 9.94. The Labute approximate surface area is 126 Å². The molecule has 2 rings (SSSR count). The third kappa shape index (κ3) is 3.79. The van der Waals surface area contributed by atoms with E-state index in [1.54, 1.807) is 0 Å². The first-order chi connectivity index (χ1) is 9.58. The molecular formula is C16H22N2OS. The molecule has 20 heavy (non-hydrogen) atoms. The number of carbonyl (C=O) groups is 1. The van der Waals surface area contributed by atoms with Crippen molar-refractivity contribution in [3.05, 3.63) is 35.9 Å². The Morgan fingerprint density at radius 1 is 1.35 bits per heavy atom. The summed E-state index contributed by atoms with van der Waals surface area (Å²) in [7, 11) is 0. The molecule has 108 valence electrons. The molecule has 0 saturated carbocycles. The van der Waals surface area contributed by atoms with Crippen LogP contribution in [0.2, 0.25) is 0 Å². The van der Waals surface area contributed by atoms with Gasteiger partial charge in [0.25, 0.3) is 0 Å². The van der Waals surface area contributed by atoms with Gasteiger partial charge in [-0.15, -0.1) is 0 Å². The van der Waals surface area contributed by atoms with Crippen molar-refractivity contribution < 1.29 is 4.79 Å². The summed E-state index contributed by atoms with van der Waals surface area (Å²) in [4.78, 5) is 14.8. The maximum absolute atomic E-state index is 12.6. The monoisotopic (exact) mass is 290 g/mol. The summed E-state index contributed by atoms with van der Waals surface area (Å²) in [6, 6.07) is 9.93. The van der Waals surface area contributed by atoms with E-state index in [9.17, 15) is 4.79 Å². The minimum Gasteiger partial charge on any atom is -0.393 e. The highest BCUT2D eigenvalue weighted by atomic mass is 32.1. The first-order valence-corrected chi connectivity index (χ1v) is 7.60. The van der Waals surface area contributed by atoms with Gasteiger partial charge in [-0.1, -0.05) is 49.5 Å². The quantitative estimate of drug-likeness (QED) is 0.866. The van der Waals surface area contributed by atoms with Crippen LogP contribution in [0, 0.1) is 11.8 Å². The second-order valence-electron chi connectivity index (χ2n) is 5.65. The first kappa shape index (κ1) is 15.0. The van der Waals surface area contributed by atoms with E-state index in [1.165, 1.54) is 0 Å². The fraction of sp³-hybridized carbons (Fsp3) is 0.500. The van der Waals surface area contributed by atoms with Gasteiger partial charge >= 0.3 is 0 Å². The van der Waals surface area contributed by atoms with Crippen molar-refractivity contribution in [2.45, 2.75) is 26.2 Å². The van der Waals surface area contributed by atoms with Crippen molar-refractivity contribution in [2.75, 3.05) is 13.1 Å². The van der Waals surface area contributed by atoms with E-state index < -0.39 is 0 Å². The number of likely N-dealkylation sites (tertiary alicyclic amines) is 1. The second kappa shape index (κ2) is 6.84. The molecule has 3 nitrogen and oxygen atoms in total. The Kier molecular flexibility index (Phi) is 5.12. The van der Waals surface area contributed by atoms with Crippen LogP contribution < -0.4 is 5.73 Å². The Morgan fingerprint density at radius 2 is 1.95 bits per heavy atom. The number of nitrogens with zero attached hydrogens (tertiary/aromatic N) is 1. The third-order valence-corrected chi connectivity index (χ3v) is 4.30. The number of rotatable bonds is 4. The molecule has 0 aromatic heterocycles. The molecule has 1 saturated heterocycles. The van der Waals surface area contributed by atoms with E-state index >= 15 is 0 Å². The Bertz CT molecular complexity index is 467. The molecule has 1 aliphatic heterocycles. The largest absolute Gasteiger partial charge is 0.393 e. The van der Waals surface area contributed by atoms with Crippen molar-refractivity contribution in [3.8, 4) is 0 Å². The lowest BCUT2D eigenvalue weighted by Crippen LogP contribution is -2.45. The van der Waals surface area contributed by atoms with Crippen LogP contribution in [0.5, 0.6) is 0 Å². The van der Waals surface area contributed by atoms with Crippen LogP contribution in [0.15, 0.2) is 30.3 Å². The normalized spacial score (nSPS) is 17.8. The summed E-state index contributed by atoms with van der Waals surface area (Å²) >= 11 is 5.12. The molecule has 1 heterocycles. The molecule has 1 unspecified atom stereocenters. The van der Waals surface area contributed by atoms with E-state index in [0.29, 0.717) is 17.3 Å². The van der Waals surface area contributed by atoms with Crippen molar-refractivity contribution in [1.82, 2.24) is 4.90 Å². The minimum absolute atomic E-state index is 0.0910. The average molecular weight is 290 g/mol. The topological polar surface area (TPSA) is 46.3 Å². The Balaban J connectivity index is 2.05. The van der Waals surface area contributed by atoms with Gasteiger partial charge in [0.05, 0.1) is 10.9 Å². The lowest BCUT2D eigenvalue weighted by molar-refractivity contribution is -0.134. The number of hydrogen-bond acceptors (Lipinski definition) is 2. The maximum Gasteiger partial charge on any atom is 0.232 e. The van der Waals surface area contributed by atoms with Gasteiger partial charge in [0.1, 0.15) is 0 Å². The summed E-state index contributed by atoms with van der Waals surface area (Å²) in [5, 5.41) is 0. The smallest absolute Gasteiger partial charge is 0.232 e. The van der Waals surface area contributed by atoms with Crippen LogP contribution in [0.4, 0.5) is 0 Å². The molecular weight excluding hydrogens is 268 g/mol. The fourth-order valence-corrected chi connectivity index (χ4v) is 2.79. The predicted molar refractivity (Wildman–Crippen MR) is 85.4 cm³/mol. The molecule has 0 aliphatic carbocycles. The van der Waals surface area contributed by atoms with Gasteiger partial charge in [-0.2, -0.15) is 0 Å². The zero-order chi connectivity index (χ0) is 14.5. The molecule has 0 spiro atoms. The van der Waals surface area contributed by atoms with Gasteiger partial charge in [-0.3, -0.25) is 4.79 Å². The molecule has 1 aliphatic rings. The van der Waals surface area contributed by atoms with E-state index in [1.807, 2.05) is 35.2 Å². The van der Waals surface area contributed by atoms with Crippen molar-refractivity contribution in [1.29, 1.82) is 0 Å². The number of carbonyl (C=O) groups excluding carboxylic acids is 1. The van der Waals surface area contributed by atoms with Crippen LogP contribution in [0.3, 0.4) is 0 Å².